The highest BCUT2D eigenvalue weighted by Crippen LogP contribution is 2.43. The van der Waals surface area contributed by atoms with Crippen molar-refractivity contribution in [2.24, 2.45) is 0 Å². The highest BCUT2D eigenvalue weighted by atomic mass is 16.5. The largest absolute Gasteiger partial charge is 0.493 e. The van der Waals surface area contributed by atoms with E-state index in [9.17, 15) is 9.59 Å². The van der Waals surface area contributed by atoms with E-state index in [-0.39, 0.29) is 17.1 Å². The van der Waals surface area contributed by atoms with Crippen molar-refractivity contribution < 1.29 is 18.7 Å². The number of nitrogens with zero attached hydrogens (tertiary/aromatic N) is 1. The van der Waals surface area contributed by atoms with E-state index in [4.69, 9.17) is 13.9 Å². The minimum absolute atomic E-state index is 0.0689. The van der Waals surface area contributed by atoms with Gasteiger partial charge in [0.2, 0.25) is 5.76 Å². The molecular weight excluding hydrogens is 430 g/mol. The second-order valence-electron chi connectivity index (χ2n) is 8.63. The van der Waals surface area contributed by atoms with E-state index in [2.05, 4.69) is 0 Å². The van der Waals surface area contributed by atoms with E-state index in [0.717, 1.165) is 22.3 Å². The van der Waals surface area contributed by atoms with Crippen LogP contribution in [0, 0.1) is 20.8 Å². The summed E-state index contributed by atoms with van der Waals surface area (Å²) in [6, 6.07) is 16.0. The monoisotopic (exact) mass is 455 g/mol. The molecule has 4 aromatic rings. The number of rotatable bonds is 4. The molecule has 6 nitrogen and oxygen atoms in total. The molecule has 172 valence electrons. The Labute approximate surface area is 197 Å². The van der Waals surface area contributed by atoms with Crippen LogP contribution in [0.15, 0.2) is 63.8 Å². The zero-order chi connectivity index (χ0) is 24.1. The summed E-state index contributed by atoms with van der Waals surface area (Å²) in [7, 11) is 3.12. The fraction of sp³-hybridized carbons (Fsp3) is 0.214. The molecule has 2 heterocycles. The molecule has 1 unspecified atom stereocenters. The van der Waals surface area contributed by atoms with E-state index >= 15 is 0 Å². The van der Waals surface area contributed by atoms with Crippen LogP contribution in [0.4, 0.5) is 5.69 Å². The normalized spacial score (nSPS) is 15.0. The number of aryl methyl sites for hydroxylation is 3. The molecule has 1 atom stereocenters. The molecule has 0 spiro atoms. The van der Waals surface area contributed by atoms with Crippen molar-refractivity contribution >= 4 is 22.6 Å². The Hall–Kier alpha value is -4.06. The summed E-state index contributed by atoms with van der Waals surface area (Å²) in [5.41, 5.74) is 5.04. The highest BCUT2D eigenvalue weighted by molar-refractivity contribution is 6.10. The quantitative estimate of drug-likeness (QED) is 0.407. The Balaban J connectivity index is 1.82. The molecular formula is C28H25NO5. The molecule has 3 aromatic carbocycles. The minimum atomic E-state index is -0.675. The van der Waals surface area contributed by atoms with Gasteiger partial charge in [-0.05, 0) is 73.9 Å². The van der Waals surface area contributed by atoms with E-state index in [0.29, 0.717) is 33.7 Å². The second-order valence-corrected chi connectivity index (χ2v) is 8.63. The smallest absolute Gasteiger partial charge is 0.295 e. The molecule has 1 aromatic heterocycles. The maximum atomic E-state index is 13.8. The fourth-order valence-corrected chi connectivity index (χ4v) is 4.57. The lowest BCUT2D eigenvalue weighted by Crippen LogP contribution is -2.29. The highest BCUT2D eigenvalue weighted by Gasteiger charge is 2.44. The van der Waals surface area contributed by atoms with Crippen LogP contribution in [-0.2, 0) is 0 Å². The summed E-state index contributed by atoms with van der Waals surface area (Å²) in [5.74, 6) is 0.800. The second kappa shape index (κ2) is 8.06. The lowest BCUT2D eigenvalue weighted by atomic mass is 9.97. The third-order valence-corrected chi connectivity index (χ3v) is 6.52. The standard InChI is InChI=1S/C28H25NO5/c1-15-6-10-21-20(12-15)26(30)24-25(18-8-11-22(32-4)23(14-18)33-5)29(28(31)27(24)34-21)19-9-7-16(2)17(3)13-19/h6-14,25H,1-5H3. The van der Waals surface area contributed by atoms with Crippen molar-refractivity contribution in [2.75, 3.05) is 19.1 Å². The van der Waals surface area contributed by atoms with Crippen molar-refractivity contribution in [1.82, 2.24) is 0 Å². The molecule has 0 N–H and O–H groups in total. The van der Waals surface area contributed by atoms with Crippen molar-refractivity contribution in [1.29, 1.82) is 0 Å². The molecule has 0 bridgehead atoms. The summed E-state index contributed by atoms with van der Waals surface area (Å²) in [6.45, 7) is 5.94. The van der Waals surface area contributed by atoms with Gasteiger partial charge in [0.05, 0.1) is 31.2 Å². The third-order valence-electron chi connectivity index (χ3n) is 6.52. The molecule has 1 aliphatic rings. The van der Waals surface area contributed by atoms with Gasteiger partial charge < -0.3 is 13.9 Å². The number of hydrogen-bond acceptors (Lipinski definition) is 5. The molecule has 0 aliphatic carbocycles. The van der Waals surface area contributed by atoms with Crippen LogP contribution in [0.2, 0.25) is 0 Å². The topological polar surface area (TPSA) is 69.0 Å². The molecule has 0 radical (unpaired) electrons. The van der Waals surface area contributed by atoms with Gasteiger partial charge in [-0.25, -0.2) is 0 Å². The number of anilines is 1. The average molecular weight is 456 g/mol. The summed E-state index contributed by atoms with van der Waals surface area (Å²) in [6.07, 6.45) is 0. The Morgan fingerprint density at radius 1 is 0.824 bits per heavy atom. The van der Waals surface area contributed by atoms with Crippen LogP contribution >= 0.6 is 0 Å². The molecule has 0 saturated carbocycles. The van der Waals surface area contributed by atoms with Gasteiger partial charge in [-0.1, -0.05) is 23.8 Å². The number of carbonyl (C=O) groups excluding carboxylic acids is 1. The molecule has 1 amide bonds. The summed E-state index contributed by atoms with van der Waals surface area (Å²) in [5, 5.41) is 0.457. The van der Waals surface area contributed by atoms with E-state index in [1.165, 1.54) is 0 Å². The molecule has 5 rings (SSSR count). The number of ether oxygens (including phenoxy) is 2. The molecule has 6 heteroatoms. The van der Waals surface area contributed by atoms with Crippen LogP contribution in [-0.4, -0.2) is 20.1 Å². The van der Waals surface area contributed by atoms with Gasteiger partial charge in [-0.15, -0.1) is 0 Å². The Morgan fingerprint density at radius 2 is 1.59 bits per heavy atom. The Kier molecular flexibility index (Phi) is 5.16. The zero-order valence-corrected chi connectivity index (χ0v) is 19.8. The molecule has 34 heavy (non-hydrogen) atoms. The van der Waals surface area contributed by atoms with Gasteiger partial charge in [-0.3, -0.25) is 14.5 Å². The maximum Gasteiger partial charge on any atom is 0.295 e. The van der Waals surface area contributed by atoms with E-state index in [1.54, 1.807) is 43.4 Å². The van der Waals surface area contributed by atoms with Crippen molar-refractivity contribution in [3.63, 3.8) is 0 Å². The first-order valence-electron chi connectivity index (χ1n) is 11.0. The number of methoxy groups -OCH3 is 2. The summed E-state index contributed by atoms with van der Waals surface area (Å²) >= 11 is 0. The van der Waals surface area contributed by atoms with Crippen molar-refractivity contribution in [3.8, 4) is 11.5 Å². The summed E-state index contributed by atoms with van der Waals surface area (Å²) in [4.78, 5) is 29.2. The number of hydrogen-bond donors (Lipinski definition) is 0. The Bertz CT molecular complexity index is 1520. The number of amides is 1. The van der Waals surface area contributed by atoms with E-state index < -0.39 is 6.04 Å². The van der Waals surface area contributed by atoms with Crippen LogP contribution < -0.4 is 19.8 Å². The predicted octanol–water partition coefficient (Wildman–Crippen LogP) is 5.49. The zero-order valence-electron chi connectivity index (χ0n) is 19.8. The Morgan fingerprint density at radius 3 is 2.29 bits per heavy atom. The molecule has 0 saturated heterocycles. The summed E-state index contributed by atoms with van der Waals surface area (Å²) < 4.78 is 17.0. The van der Waals surface area contributed by atoms with Crippen LogP contribution in [0.25, 0.3) is 11.0 Å². The lowest BCUT2D eigenvalue weighted by Gasteiger charge is -2.26. The molecule has 0 fully saturated rings. The SMILES string of the molecule is COc1ccc(C2c3c(oc4ccc(C)cc4c3=O)C(=O)N2c2ccc(C)c(C)c2)cc1OC. The van der Waals surface area contributed by atoms with Crippen LogP contribution in [0.5, 0.6) is 11.5 Å². The predicted molar refractivity (Wildman–Crippen MR) is 131 cm³/mol. The fourth-order valence-electron chi connectivity index (χ4n) is 4.57. The van der Waals surface area contributed by atoms with E-state index in [1.807, 2.05) is 51.1 Å². The van der Waals surface area contributed by atoms with Crippen LogP contribution in [0.3, 0.4) is 0 Å². The first kappa shape index (κ1) is 21.8. The molecule has 1 aliphatic heterocycles. The maximum absolute atomic E-state index is 13.8. The average Bonchev–Trinajstić information content (AvgIpc) is 3.13. The minimum Gasteiger partial charge on any atom is -0.493 e. The number of benzene rings is 3. The van der Waals surface area contributed by atoms with Gasteiger partial charge in [0.15, 0.2) is 16.9 Å². The first-order chi connectivity index (χ1) is 16.3. The first-order valence-corrected chi connectivity index (χ1v) is 11.0. The van der Waals surface area contributed by atoms with Gasteiger partial charge in [-0.2, -0.15) is 0 Å². The van der Waals surface area contributed by atoms with Crippen molar-refractivity contribution in [3.05, 3.63) is 98.4 Å². The van der Waals surface area contributed by atoms with Gasteiger partial charge >= 0.3 is 0 Å². The van der Waals surface area contributed by atoms with Gasteiger partial charge in [0, 0.05) is 5.69 Å². The lowest BCUT2D eigenvalue weighted by molar-refractivity contribution is 0.0971. The number of fused-ring (bicyclic) bond motifs is 2. The van der Waals surface area contributed by atoms with Gasteiger partial charge in [0.25, 0.3) is 5.91 Å². The van der Waals surface area contributed by atoms with Crippen molar-refractivity contribution in [2.45, 2.75) is 26.8 Å². The number of carbonyl (C=O) groups is 1. The van der Waals surface area contributed by atoms with Gasteiger partial charge in [0.1, 0.15) is 5.58 Å². The van der Waals surface area contributed by atoms with Crippen LogP contribution in [0.1, 0.15) is 44.4 Å². The third kappa shape index (κ3) is 3.25.